The maximum absolute atomic E-state index is 13.8. The number of hydrogen-bond donors (Lipinski definition) is 2. The molecule has 1 aromatic heterocycles. The molecule has 7 nitrogen and oxygen atoms in total. The third kappa shape index (κ3) is 5.70. The topological polar surface area (TPSA) is 102 Å². The molecule has 178 valence electrons. The van der Waals surface area contributed by atoms with Crippen LogP contribution in [0.25, 0.3) is 0 Å². The Bertz CT molecular complexity index is 1350. The van der Waals surface area contributed by atoms with Crippen LogP contribution in [0.2, 0.25) is 0 Å². The van der Waals surface area contributed by atoms with E-state index in [0.717, 1.165) is 15.3 Å². The van der Waals surface area contributed by atoms with Gasteiger partial charge in [0.15, 0.2) is 0 Å². The summed E-state index contributed by atoms with van der Waals surface area (Å²) in [4.78, 5) is 40.0. The van der Waals surface area contributed by atoms with E-state index in [4.69, 9.17) is 0 Å². The third-order valence-electron chi connectivity index (χ3n) is 5.45. The minimum atomic E-state index is -0.604. The van der Waals surface area contributed by atoms with Crippen molar-refractivity contribution in [3.8, 4) is 6.07 Å². The van der Waals surface area contributed by atoms with Gasteiger partial charge in [-0.15, -0.1) is 23.1 Å². The summed E-state index contributed by atoms with van der Waals surface area (Å²) < 4.78 is 13.8. The number of thiophene rings is 1. The van der Waals surface area contributed by atoms with Crippen molar-refractivity contribution in [2.75, 3.05) is 22.9 Å². The first kappa shape index (κ1) is 24.4. The molecule has 0 aliphatic carbocycles. The maximum atomic E-state index is 13.8. The zero-order valence-corrected chi connectivity index (χ0v) is 20.4. The van der Waals surface area contributed by atoms with Crippen molar-refractivity contribution in [1.82, 2.24) is 4.90 Å². The molecular formula is C25H21FN4O3S2. The molecule has 1 aliphatic heterocycles. The Labute approximate surface area is 209 Å². The number of carbonyl (C=O) groups is 3. The summed E-state index contributed by atoms with van der Waals surface area (Å²) in [5.41, 5.74) is 1.79. The molecule has 2 aromatic carbocycles. The van der Waals surface area contributed by atoms with E-state index in [-0.39, 0.29) is 23.1 Å². The Balaban J connectivity index is 1.38. The van der Waals surface area contributed by atoms with Crippen molar-refractivity contribution in [2.24, 2.45) is 0 Å². The molecule has 0 atom stereocenters. The molecule has 2 N–H and O–H groups in total. The molecular weight excluding hydrogens is 487 g/mol. The average molecular weight is 509 g/mol. The maximum Gasteiger partial charge on any atom is 0.258 e. The number of amides is 3. The Hall–Kier alpha value is -3.68. The summed E-state index contributed by atoms with van der Waals surface area (Å²) >= 11 is 2.60. The van der Waals surface area contributed by atoms with E-state index in [1.165, 1.54) is 48.2 Å². The van der Waals surface area contributed by atoms with E-state index < -0.39 is 11.7 Å². The van der Waals surface area contributed by atoms with E-state index in [9.17, 15) is 24.0 Å². The predicted molar refractivity (Wildman–Crippen MR) is 134 cm³/mol. The quantitative estimate of drug-likeness (QED) is 0.472. The second-order valence-electron chi connectivity index (χ2n) is 7.81. The van der Waals surface area contributed by atoms with Gasteiger partial charge in [0.05, 0.1) is 23.4 Å². The summed E-state index contributed by atoms with van der Waals surface area (Å²) in [6, 6.07) is 14.8. The first-order valence-corrected chi connectivity index (χ1v) is 12.5. The lowest BCUT2D eigenvalue weighted by molar-refractivity contribution is -0.129. The zero-order chi connectivity index (χ0) is 24.9. The first-order valence-electron chi connectivity index (χ1n) is 10.7. The number of benzene rings is 2. The Kier molecular flexibility index (Phi) is 7.48. The van der Waals surface area contributed by atoms with E-state index in [2.05, 4.69) is 16.7 Å². The van der Waals surface area contributed by atoms with Crippen LogP contribution in [0.1, 0.15) is 33.3 Å². The van der Waals surface area contributed by atoms with E-state index in [1.54, 1.807) is 35.2 Å². The molecule has 0 spiro atoms. The number of halogens is 1. The minimum absolute atomic E-state index is 0.0168. The van der Waals surface area contributed by atoms with Crippen molar-refractivity contribution in [3.05, 3.63) is 75.9 Å². The molecule has 2 heterocycles. The number of nitrogens with one attached hydrogen (secondary N) is 2. The van der Waals surface area contributed by atoms with Crippen LogP contribution in [0.15, 0.2) is 53.4 Å². The highest BCUT2D eigenvalue weighted by molar-refractivity contribution is 8.00. The number of anilines is 2. The van der Waals surface area contributed by atoms with Crippen molar-refractivity contribution in [1.29, 1.82) is 5.26 Å². The number of nitriles is 1. The lowest BCUT2D eigenvalue weighted by Crippen LogP contribution is -2.33. The summed E-state index contributed by atoms with van der Waals surface area (Å²) in [6.07, 6.45) is 0.588. The van der Waals surface area contributed by atoms with Gasteiger partial charge in [-0.2, -0.15) is 5.26 Å². The zero-order valence-electron chi connectivity index (χ0n) is 18.8. The van der Waals surface area contributed by atoms with Gasteiger partial charge in [-0.25, -0.2) is 4.39 Å². The lowest BCUT2D eigenvalue weighted by Gasteiger charge is -2.25. The second-order valence-corrected chi connectivity index (χ2v) is 9.96. The van der Waals surface area contributed by atoms with Crippen LogP contribution in [0.4, 0.5) is 15.1 Å². The fraction of sp³-hybridized carbons (Fsp3) is 0.200. The Morgan fingerprint density at radius 1 is 1.17 bits per heavy atom. The molecule has 4 rings (SSSR count). The van der Waals surface area contributed by atoms with Crippen LogP contribution in [0.3, 0.4) is 0 Å². The van der Waals surface area contributed by atoms with E-state index >= 15 is 0 Å². The highest BCUT2D eigenvalue weighted by Gasteiger charge is 2.26. The SMILES string of the molecule is CC(=O)N1CCc2c(sc(NC(=O)CSc3cccc(NC(=O)c4ccccc4F)c3)c2C#N)C1. The van der Waals surface area contributed by atoms with Crippen LogP contribution in [-0.2, 0) is 22.6 Å². The van der Waals surface area contributed by atoms with Gasteiger partial charge in [-0.3, -0.25) is 14.4 Å². The van der Waals surface area contributed by atoms with Crippen LogP contribution in [0, 0.1) is 17.1 Å². The lowest BCUT2D eigenvalue weighted by atomic mass is 10.0. The molecule has 0 bridgehead atoms. The van der Waals surface area contributed by atoms with Crippen molar-refractivity contribution in [3.63, 3.8) is 0 Å². The summed E-state index contributed by atoms with van der Waals surface area (Å²) in [7, 11) is 0. The van der Waals surface area contributed by atoms with E-state index in [1.807, 2.05) is 0 Å². The molecule has 1 aliphatic rings. The van der Waals surface area contributed by atoms with Gasteiger partial charge in [0.25, 0.3) is 5.91 Å². The molecule has 35 heavy (non-hydrogen) atoms. The average Bonchev–Trinajstić information content (AvgIpc) is 3.19. The monoisotopic (exact) mass is 508 g/mol. The number of carbonyl (C=O) groups excluding carboxylic acids is 3. The molecule has 0 radical (unpaired) electrons. The van der Waals surface area contributed by atoms with Crippen molar-refractivity contribution in [2.45, 2.75) is 24.8 Å². The number of fused-ring (bicyclic) bond motifs is 1. The number of nitrogens with zero attached hydrogens (tertiary/aromatic N) is 2. The van der Waals surface area contributed by atoms with Gasteiger partial charge >= 0.3 is 0 Å². The summed E-state index contributed by atoms with van der Waals surface area (Å²) in [5, 5.41) is 15.6. The van der Waals surface area contributed by atoms with Crippen LogP contribution >= 0.6 is 23.1 Å². The van der Waals surface area contributed by atoms with E-state index in [0.29, 0.717) is 35.8 Å². The molecule has 0 unspecified atom stereocenters. The first-order chi connectivity index (χ1) is 16.9. The number of hydrogen-bond acceptors (Lipinski definition) is 6. The fourth-order valence-electron chi connectivity index (χ4n) is 3.70. The Morgan fingerprint density at radius 2 is 1.97 bits per heavy atom. The Morgan fingerprint density at radius 3 is 2.71 bits per heavy atom. The molecule has 0 saturated heterocycles. The summed E-state index contributed by atoms with van der Waals surface area (Å²) in [5.74, 6) is -1.35. The normalized spacial score (nSPS) is 12.4. The van der Waals surface area contributed by atoms with Gasteiger partial charge in [-0.05, 0) is 42.3 Å². The van der Waals surface area contributed by atoms with Crippen LogP contribution in [0.5, 0.6) is 0 Å². The minimum Gasteiger partial charge on any atom is -0.337 e. The second kappa shape index (κ2) is 10.7. The molecule has 3 amide bonds. The van der Waals surface area contributed by atoms with Crippen molar-refractivity contribution < 1.29 is 18.8 Å². The third-order valence-corrected chi connectivity index (χ3v) is 7.57. The predicted octanol–water partition coefficient (Wildman–Crippen LogP) is 4.65. The van der Waals surface area contributed by atoms with Gasteiger partial charge in [0.2, 0.25) is 11.8 Å². The van der Waals surface area contributed by atoms with Gasteiger partial charge in [0, 0.05) is 28.9 Å². The molecule has 0 saturated carbocycles. The van der Waals surface area contributed by atoms with Crippen LogP contribution in [-0.4, -0.2) is 34.9 Å². The van der Waals surface area contributed by atoms with Crippen LogP contribution < -0.4 is 10.6 Å². The highest BCUT2D eigenvalue weighted by Crippen LogP contribution is 2.37. The number of thioether (sulfide) groups is 1. The molecule has 3 aromatic rings. The smallest absolute Gasteiger partial charge is 0.258 e. The fourth-order valence-corrected chi connectivity index (χ4v) is 5.68. The molecule has 0 fully saturated rings. The number of rotatable bonds is 6. The summed E-state index contributed by atoms with van der Waals surface area (Å²) in [6.45, 7) is 2.52. The standard InChI is InChI=1S/C25H21FN4O3S2/c1-15(31)30-10-9-18-20(12-27)25(35-22(18)13-30)29-23(32)14-34-17-6-4-5-16(11-17)28-24(33)19-7-2-3-8-21(19)26/h2-8,11H,9-10,13-14H2,1H3,(H,28,33)(H,29,32). The van der Waals surface area contributed by atoms with Gasteiger partial charge < -0.3 is 15.5 Å². The largest absolute Gasteiger partial charge is 0.337 e. The molecule has 10 heteroatoms. The van der Waals surface area contributed by atoms with Crippen molar-refractivity contribution >= 4 is 51.5 Å². The van der Waals surface area contributed by atoms with Gasteiger partial charge in [0.1, 0.15) is 16.9 Å². The highest BCUT2D eigenvalue weighted by atomic mass is 32.2. The van der Waals surface area contributed by atoms with Gasteiger partial charge in [-0.1, -0.05) is 18.2 Å².